The summed E-state index contributed by atoms with van der Waals surface area (Å²) in [5.41, 5.74) is 0. The summed E-state index contributed by atoms with van der Waals surface area (Å²) in [5, 5.41) is 0. The molecule has 5 heteroatoms. The molecule has 0 saturated heterocycles. The number of nitrogens with zero attached hydrogens (tertiary/aromatic N) is 2. The van der Waals surface area contributed by atoms with Crippen LogP contribution in [0.5, 0.6) is 0 Å². The van der Waals surface area contributed by atoms with Crippen molar-refractivity contribution in [2.45, 2.75) is 31.3 Å². The van der Waals surface area contributed by atoms with Gasteiger partial charge >= 0.3 is 0 Å². The molecule has 0 spiro atoms. The van der Waals surface area contributed by atoms with Gasteiger partial charge in [0.05, 0.1) is 6.04 Å². The minimum Gasteiger partial charge on any atom is -0.297 e. The third-order valence-corrected chi connectivity index (χ3v) is 2.03. The molecule has 0 unspecified atom stereocenters. The average molecular weight is 180 g/mol. The Balaban J connectivity index is 2.67. The molecule has 1 fully saturated rings. The van der Waals surface area contributed by atoms with E-state index in [4.69, 9.17) is 0 Å². The maximum absolute atomic E-state index is 11.1. The molecule has 0 bridgehead atoms. The van der Waals surface area contributed by atoms with E-state index in [1.807, 2.05) is 0 Å². The molecule has 0 N–H and O–H groups in total. The Kier molecular flexibility index (Phi) is 3.26. The van der Waals surface area contributed by atoms with Crippen LogP contribution >= 0.6 is 0 Å². The quantitative estimate of drug-likeness (QED) is 0.448. The van der Waals surface area contributed by atoms with E-state index < -0.39 is 6.04 Å². The highest BCUT2D eigenvalue weighted by Gasteiger charge is 2.28. The Labute approximate surface area is 74.6 Å². The van der Waals surface area contributed by atoms with E-state index in [0.29, 0.717) is 19.3 Å². The lowest BCUT2D eigenvalue weighted by atomic mass is 9.91. The largest absolute Gasteiger partial charge is 0.297 e. The van der Waals surface area contributed by atoms with Crippen molar-refractivity contribution in [1.82, 2.24) is 0 Å². The molecule has 1 aliphatic rings. The first-order valence-electron chi connectivity index (χ1n) is 3.94. The Hall–Kier alpha value is -1.57. The summed E-state index contributed by atoms with van der Waals surface area (Å²) in [4.78, 5) is 37.8. The summed E-state index contributed by atoms with van der Waals surface area (Å²) in [6.45, 7) is 0. The van der Waals surface area contributed by atoms with Crippen LogP contribution in [0.3, 0.4) is 0 Å². The van der Waals surface area contributed by atoms with Crippen LogP contribution in [0.25, 0.3) is 0 Å². The van der Waals surface area contributed by atoms with Gasteiger partial charge in [-0.15, -0.1) is 0 Å². The van der Waals surface area contributed by atoms with Crippen LogP contribution in [-0.4, -0.2) is 30.0 Å². The van der Waals surface area contributed by atoms with E-state index in [9.17, 15) is 14.4 Å². The van der Waals surface area contributed by atoms with Gasteiger partial charge in [0.15, 0.2) is 5.78 Å². The van der Waals surface area contributed by atoms with Crippen LogP contribution in [0, 0.1) is 0 Å². The summed E-state index contributed by atoms with van der Waals surface area (Å²) >= 11 is 0. The fourth-order valence-electron chi connectivity index (χ4n) is 1.36. The fourth-order valence-corrected chi connectivity index (χ4v) is 1.36. The minimum absolute atomic E-state index is 0.0827. The van der Waals surface area contributed by atoms with Crippen LogP contribution in [0.2, 0.25) is 0 Å². The molecule has 0 aromatic carbocycles. The number of isocyanates is 2. The summed E-state index contributed by atoms with van der Waals surface area (Å²) < 4.78 is 0. The molecule has 13 heavy (non-hydrogen) atoms. The molecule has 2 atom stereocenters. The first kappa shape index (κ1) is 9.52. The van der Waals surface area contributed by atoms with Crippen molar-refractivity contribution < 1.29 is 14.4 Å². The van der Waals surface area contributed by atoms with E-state index in [0.717, 1.165) is 0 Å². The summed E-state index contributed by atoms with van der Waals surface area (Å²) in [5.74, 6) is -0.0827. The molecule has 1 rings (SSSR count). The van der Waals surface area contributed by atoms with Crippen LogP contribution in [0.4, 0.5) is 0 Å². The molecule has 0 amide bonds. The SMILES string of the molecule is O=C=N[C@H]1CCC(=O)[C@H](N=C=O)C1. The highest BCUT2D eigenvalue weighted by Crippen LogP contribution is 2.20. The number of hydrogen-bond donors (Lipinski definition) is 0. The second kappa shape index (κ2) is 4.45. The van der Waals surface area contributed by atoms with Crippen LogP contribution in [0.1, 0.15) is 19.3 Å². The number of carbonyl (C=O) groups is 1. The summed E-state index contributed by atoms with van der Waals surface area (Å²) in [6.07, 6.45) is 3.96. The van der Waals surface area contributed by atoms with Gasteiger partial charge in [-0.2, -0.15) is 4.99 Å². The van der Waals surface area contributed by atoms with Crippen molar-refractivity contribution in [2.24, 2.45) is 9.98 Å². The number of rotatable bonds is 2. The predicted molar refractivity (Wildman–Crippen MR) is 42.7 cm³/mol. The van der Waals surface area contributed by atoms with Crippen molar-refractivity contribution in [3.63, 3.8) is 0 Å². The fraction of sp³-hybridized carbons (Fsp3) is 0.625. The minimum atomic E-state index is -0.659. The lowest BCUT2D eigenvalue weighted by molar-refractivity contribution is -0.121. The van der Waals surface area contributed by atoms with Crippen molar-refractivity contribution in [1.29, 1.82) is 0 Å². The van der Waals surface area contributed by atoms with Crippen LogP contribution < -0.4 is 0 Å². The first-order chi connectivity index (χ1) is 6.27. The highest BCUT2D eigenvalue weighted by molar-refractivity contribution is 5.85. The predicted octanol–water partition coefficient (Wildman–Crippen LogP) is 0.148. The van der Waals surface area contributed by atoms with Gasteiger partial charge in [-0.1, -0.05) is 0 Å². The third kappa shape index (κ3) is 2.44. The normalized spacial score (nSPS) is 27.2. The molecule has 0 aromatic heterocycles. The maximum atomic E-state index is 11.1. The molecule has 68 valence electrons. The molecule has 0 radical (unpaired) electrons. The lowest BCUT2D eigenvalue weighted by Gasteiger charge is -2.20. The standard InChI is InChI=1S/C8H8N2O3/c11-4-9-6-1-2-8(13)7(3-6)10-5-12/h6-7H,1-3H2/t6-,7+/m0/s1. The third-order valence-electron chi connectivity index (χ3n) is 2.03. The van der Waals surface area contributed by atoms with Gasteiger partial charge in [0, 0.05) is 12.8 Å². The van der Waals surface area contributed by atoms with Gasteiger partial charge in [0.1, 0.15) is 6.04 Å². The van der Waals surface area contributed by atoms with E-state index in [-0.39, 0.29) is 11.8 Å². The Morgan fingerprint density at radius 1 is 1.23 bits per heavy atom. The molecule has 0 aliphatic heterocycles. The van der Waals surface area contributed by atoms with Crippen molar-refractivity contribution in [3.8, 4) is 0 Å². The molecule has 0 heterocycles. The van der Waals surface area contributed by atoms with E-state index in [1.165, 1.54) is 12.2 Å². The van der Waals surface area contributed by atoms with Crippen molar-refractivity contribution >= 4 is 17.9 Å². The Morgan fingerprint density at radius 3 is 2.54 bits per heavy atom. The van der Waals surface area contributed by atoms with Gasteiger partial charge in [0.2, 0.25) is 12.2 Å². The summed E-state index contributed by atoms with van der Waals surface area (Å²) in [7, 11) is 0. The zero-order valence-electron chi connectivity index (χ0n) is 6.90. The smallest absolute Gasteiger partial charge is 0.235 e. The van der Waals surface area contributed by atoms with Gasteiger partial charge in [-0.25, -0.2) is 14.6 Å². The van der Waals surface area contributed by atoms with Crippen molar-refractivity contribution in [2.75, 3.05) is 0 Å². The summed E-state index contributed by atoms with van der Waals surface area (Å²) in [6, 6.07) is -0.884. The zero-order valence-corrected chi connectivity index (χ0v) is 6.90. The number of Topliss-reactive ketones (excluding diaryl/α,β-unsaturated/α-hetero) is 1. The van der Waals surface area contributed by atoms with Gasteiger partial charge in [0.25, 0.3) is 0 Å². The molecule has 1 saturated carbocycles. The molecule has 1 aliphatic carbocycles. The van der Waals surface area contributed by atoms with Gasteiger partial charge in [-0.05, 0) is 6.42 Å². The van der Waals surface area contributed by atoms with E-state index in [1.54, 1.807) is 0 Å². The highest BCUT2D eigenvalue weighted by atomic mass is 16.1. The molecule has 0 aromatic rings. The Bertz CT molecular complexity index is 301. The van der Waals surface area contributed by atoms with E-state index in [2.05, 4.69) is 9.98 Å². The lowest BCUT2D eigenvalue weighted by Crippen LogP contribution is -2.30. The second-order valence-corrected chi connectivity index (χ2v) is 2.85. The van der Waals surface area contributed by atoms with Gasteiger partial charge in [-0.3, -0.25) is 4.79 Å². The zero-order chi connectivity index (χ0) is 9.68. The molecular formula is C8H8N2O3. The Morgan fingerprint density at radius 2 is 1.92 bits per heavy atom. The number of aliphatic imine (C=N–C) groups is 2. The van der Waals surface area contributed by atoms with E-state index >= 15 is 0 Å². The molecular weight excluding hydrogens is 172 g/mol. The monoisotopic (exact) mass is 180 g/mol. The first-order valence-corrected chi connectivity index (χ1v) is 3.94. The number of carbonyl (C=O) groups excluding carboxylic acids is 3. The molecule has 5 nitrogen and oxygen atoms in total. The number of ketones is 1. The average Bonchev–Trinajstić information content (AvgIpc) is 2.12. The van der Waals surface area contributed by atoms with Gasteiger partial charge < -0.3 is 0 Å². The van der Waals surface area contributed by atoms with Crippen LogP contribution in [-0.2, 0) is 14.4 Å². The van der Waals surface area contributed by atoms with Crippen LogP contribution in [0.15, 0.2) is 9.98 Å². The maximum Gasteiger partial charge on any atom is 0.235 e. The number of hydrogen-bond acceptors (Lipinski definition) is 5. The van der Waals surface area contributed by atoms with Crippen molar-refractivity contribution in [3.05, 3.63) is 0 Å². The second-order valence-electron chi connectivity index (χ2n) is 2.85. The topological polar surface area (TPSA) is 75.9 Å².